The number of ether oxygens (including phenoxy) is 1. The van der Waals surface area contributed by atoms with E-state index in [0.717, 1.165) is 42.6 Å². The van der Waals surface area contributed by atoms with Crippen LogP contribution in [-0.4, -0.2) is 48.0 Å². The van der Waals surface area contributed by atoms with E-state index in [9.17, 15) is 4.79 Å². The van der Waals surface area contributed by atoms with Gasteiger partial charge in [0.15, 0.2) is 5.78 Å². The Hall–Kier alpha value is -1.65. The maximum absolute atomic E-state index is 12.5. The molecule has 1 saturated heterocycles. The number of aromatic nitrogens is 1. The zero-order chi connectivity index (χ0) is 13.9. The van der Waals surface area contributed by atoms with Crippen molar-refractivity contribution in [2.24, 2.45) is 0 Å². The van der Waals surface area contributed by atoms with Gasteiger partial charge in [-0.1, -0.05) is 18.2 Å². The molecule has 106 valence electrons. The molecule has 1 aliphatic heterocycles. The lowest BCUT2D eigenvalue weighted by Crippen LogP contribution is -2.34. The molecule has 1 fully saturated rings. The topological polar surface area (TPSA) is 45.3 Å². The van der Waals surface area contributed by atoms with Crippen LogP contribution in [0.4, 0.5) is 0 Å². The van der Waals surface area contributed by atoms with Crippen molar-refractivity contribution in [1.82, 2.24) is 9.88 Å². The largest absolute Gasteiger partial charge is 0.377 e. The Kier molecular flexibility index (Phi) is 3.85. The Morgan fingerprint density at radius 3 is 3.20 bits per heavy atom. The molecule has 0 spiro atoms. The number of fused-ring (bicyclic) bond motifs is 1. The molecule has 3 rings (SSSR count). The van der Waals surface area contributed by atoms with Gasteiger partial charge in [-0.15, -0.1) is 0 Å². The average Bonchev–Trinajstić information content (AvgIpc) is 2.77. The molecule has 2 aromatic rings. The predicted molar refractivity (Wildman–Crippen MR) is 79.1 cm³/mol. The van der Waals surface area contributed by atoms with Crippen LogP contribution in [0.2, 0.25) is 0 Å². The van der Waals surface area contributed by atoms with Crippen molar-refractivity contribution in [2.75, 3.05) is 26.2 Å². The van der Waals surface area contributed by atoms with Crippen molar-refractivity contribution in [3.8, 4) is 0 Å². The summed E-state index contributed by atoms with van der Waals surface area (Å²) in [6, 6.07) is 7.93. The molecular formula is C16H20N2O2. The monoisotopic (exact) mass is 272 g/mol. The number of rotatable bonds is 3. The quantitative estimate of drug-likeness (QED) is 0.873. The molecule has 4 heteroatoms. The minimum atomic E-state index is 0.177. The van der Waals surface area contributed by atoms with Gasteiger partial charge in [0.2, 0.25) is 0 Å². The number of benzene rings is 1. The SMILES string of the molecule is CC1CN(CC(=O)c2c[nH]c3ccccc23)CCCO1. The summed E-state index contributed by atoms with van der Waals surface area (Å²) in [7, 11) is 0. The van der Waals surface area contributed by atoms with Gasteiger partial charge in [-0.25, -0.2) is 0 Å². The number of Topliss-reactive ketones (excluding diaryl/α,β-unsaturated/α-hetero) is 1. The molecule has 1 unspecified atom stereocenters. The normalized spacial score (nSPS) is 20.9. The molecule has 1 aliphatic rings. The molecule has 2 heterocycles. The third kappa shape index (κ3) is 2.76. The number of ketones is 1. The highest BCUT2D eigenvalue weighted by molar-refractivity contribution is 6.08. The van der Waals surface area contributed by atoms with Gasteiger partial charge in [0.25, 0.3) is 0 Å². The van der Waals surface area contributed by atoms with Gasteiger partial charge in [0, 0.05) is 42.4 Å². The van der Waals surface area contributed by atoms with E-state index >= 15 is 0 Å². The van der Waals surface area contributed by atoms with E-state index in [1.54, 1.807) is 0 Å². The first-order valence-corrected chi connectivity index (χ1v) is 7.17. The van der Waals surface area contributed by atoms with Crippen molar-refractivity contribution in [1.29, 1.82) is 0 Å². The fraction of sp³-hybridized carbons (Fsp3) is 0.438. The molecular weight excluding hydrogens is 252 g/mol. The second-order valence-corrected chi connectivity index (χ2v) is 5.44. The van der Waals surface area contributed by atoms with Gasteiger partial charge < -0.3 is 9.72 Å². The first kappa shape index (κ1) is 13.3. The van der Waals surface area contributed by atoms with Crippen LogP contribution in [0.25, 0.3) is 10.9 Å². The van der Waals surface area contributed by atoms with E-state index < -0.39 is 0 Å². The molecule has 1 N–H and O–H groups in total. The molecule has 4 nitrogen and oxygen atoms in total. The van der Waals surface area contributed by atoms with Crippen LogP contribution in [0.15, 0.2) is 30.5 Å². The summed E-state index contributed by atoms with van der Waals surface area (Å²) in [4.78, 5) is 17.9. The Bertz CT molecular complexity index is 605. The van der Waals surface area contributed by atoms with Crippen LogP contribution in [0.5, 0.6) is 0 Å². The van der Waals surface area contributed by atoms with Gasteiger partial charge in [-0.3, -0.25) is 9.69 Å². The maximum Gasteiger partial charge on any atom is 0.178 e. The number of nitrogens with one attached hydrogen (secondary N) is 1. The van der Waals surface area contributed by atoms with Crippen molar-refractivity contribution in [3.63, 3.8) is 0 Å². The van der Waals surface area contributed by atoms with Gasteiger partial charge in [-0.05, 0) is 19.4 Å². The fourth-order valence-electron chi connectivity index (χ4n) is 2.81. The van der Waals surface area contributed by atoms with Gasteiger partial charge in [0.1, 0.15) is 0 Å². The molecule has 0 radical (unpaired) electrons. The number of carbonyl (C=O) groups is 1. The number of para-hydroxylation sites is 1. The third-order valence-electron chi connectivity index (χ3n) is 3.79. The minimum Gasteiger partial charge on any atom is -0.377 e. The van der Waals surface area contributed by atoms with Crippen LogP contribution in [0.1, 0.15) is 23.7 Å². The Balaban J connectivity index is 1.75. The number of carbonyl (C=O) groups excluding carboxylic acids is 1. The Morgan fingerprint density at radius 2 is 2.30 bits per heavy atom. The highest BCUT2D eigenvalue weighted by Crippen LogP contribution is 2.18. The number of H-pyrrole nitrogens is 1. The number of aromatic amines is 1. The highest BCUT2D eigenvalue weighted by Gasteiger charge is 2.19. The molecule has 0 bridgehead atoms. The lowest BCUT2D eigenvalue weighted by molar-refractivity contribution is 0.0657. The summed E-state index contributed by atoms with van der Waals surface area (Å²) in [6.45, 7) is 5.08. The van der Waals surface area contributed by atoms with Crippen molar-refractivity contribution in [2.45, 2.75) is 19.4 Å². The van der Waals surface area contributed by atoms with Crippen molar-refractivity contribution < 1.29 is 9.53 Å². The van der Waals surface area contributed by atoms with Gasteiger partial charge in [-0.2, -0.15) is 0 Å². The molecule has 1 atom stereocenters. The summed E-state index contributed by atoms with van der Waals surface area (Å²) in [5.74, 6) is 0.177. The van der Waals surface area contributed by atoms with Gasteiger partial charge >= 0.3 is 0 Å². The zero-order valence-corrected chi connectivity index (χ0v) is 11.8. The second kappa shape index (κ2) is 5.77. The van der Waals surface area contributed by atoms with E-state index in [1.807, 2.05) is 30.5 Å². The second-order valence-electron chi connectivity index (χ2n) is 5.44. The maximum atomic E-state index is 12.5. The first-order valence-electron chi connectivity index (χ1n) is 7.17. The standard InChI is InChI=1S/C16H20N2O2/c1-12-10-18(7-4-8-20-12)11-16(19)14-9-17-15-6-3-2-5-13(14)15/h2-3,5-6,9,12,17H,4,7-8,10-11H2,1H3. The summed E-state index contributed by atoms with van der Waals surface area (Å²) in [5.41, 5.74) is 1.81. The van der Waals surface area contributed by atoms with Gasteiger partial charge in [0.05, 0.1) is 12.6 Å². The number of hydrogen-bond donors (Lipinski definition) is 1. The van der Waals surface area contributed by atoms with E-state index in [0.29, 0.717) is 6.54 Å². The van der Waals surface area contributed by atoms with Crippen LogP contribution >= 0.6 is 0 Å². The molecule has 1 aromatic carbocycles. The molecule has 1 aromatic heterocycles. The minimum absolute atomic E-state index is 0.177. The summed E-state index contributed by atoms with van der Waals surface area (Å²) < 4.78 is 5.62. The number of nitrogens with zero attached hydrogens (tertiary/aromatic N) is 1. The van der Waals surface area contributed by atoms with Crippen molar-refractivity contribution in [3.05, 3.63) is 36.0 Å². The first-order chi connectivity index (χ1) is 9.74. The summed E-state index contributed by atoms with van der Waals surface area (Å²) in [5, 5.41) is 1.01. The van der Waals surface area contributed by atoms with Crippen molar-refractivity contribution >= 4 is 16.7 Å². The van der Waals surface area contributed by atoms with Crippen LogP contribution < -0.4 is 0 Å². The van der Waals surface area contributed by atoms with E-state index in [2.05, 4.69) is 16.8 Å². The van der Waals surface area contributed by atoms with Crippen LogP contribution in [0, 0.1) is 0 Å². The molecule has 20 heavy (non-hydrogen) atoms. The highest BCUT2D eigenvalue weighted by atomic mass is 16.5. The Labute approximate surface area is 118 Å². The average molecular weight is 272 g/mol. The lowest BCUT2D eigenvalue weighted by atomic mass is 10.1. The molecule has 0 saturated carbocycles. The van der Waals surface area contributed by atoms with E-state index in [-0.39, 0.29) is 11.9 Å². The third-order valence-corrected chi connectivity index (χ3v) is 3.79. The van der Waals surface area contributed by atoms with Crippen LogP contribution in [0.3, 0.4) is 0 Å². The van der Waals surface area contributed by atoms with Crippen LogP contribution in [-0.2, 0) is 4.74 Å². The predicted octanol–water partition coefficient (Wildman–Crippen LogP) is 2.46. The van der Waals surface area contributed by atoms with E-state index in [1.165, 1.54) is 0 Å². The Morgan fingerprint density at radius 1 is 1.45 bits per heavy atom. The smallest absolute Gasteiger partial charge is 0.178 e. The molecule has 0 amide bonds. The summed E-state index contributed by atoms with van der Waals surface area (Å²) >= 11 is 0. The zero-order valence-electron chi connectivity index (χ0n) is 11.8. The fourth-order valence-corrected chi connectivity index (χ4v) is 2.81. The summed E-state index contributed by atoms with van der Waals surface area (Å²) in [6.07, 6.45) is 3.02. The lowest BCUT2D eigenvalue weighted by Gasteiger charge is -2.20. The van der Waals surface area contributed by atoms with E-state index in [4.69, 9.17) is 4.74 Å². The molecule has 0 aliphatic carbocycles. The number of hydrogen-bond acceptors (Lipinski definition) is 3.